The topological polar surface area (TPSA) is 74.5 Å². The van der Waals surface area contributed by atoms with Crippen LogP contribution in [0, 0.1) is 11.6 Å². The number of benzene rings is 2. The number of hydrogen-bond acceptors (Lipinski definition) is 7. The molecule has 9 heteroatoms. The summed E-state index contributed by atoms with van der Waals surface area (Å²) in [6.07, 6.45) is 0. The lowest BCUT2D eigenvalue weighted by molar-refractivity contribution is 0.103. The lowest BCUT2D eigenvalue weighted by Gasteiger charge is -2.39. The summed E-state index contributed by atoms with van der Waals surface area (Å²) in [6.45, 7) is 5.15. The second-order valence-electron chi connectivity index (χ2n) is 7.61. The lowest BCUT2D eigenvalue weighted by atomic mass is 10.1. The van der Waals surface area contributed by atoms with Crippen molar-refractivity contribution in [2.24, 2.45) is 0 Å². The van der Waals surface area contributed by atoms with E-state index in [0.717, 1.165) is 54.5 Å². The van der Waals surface area contributed by atoms with Gasteiger partial charge in [-0.3, -0.25) is 4.79 Å². The van der Waals surface area contributed by atoms with Crippen LogP contribution in [0.25, 0.3) is 0 Å². The number of carbonyl (C=O) groups excluding carboxylic acids is 1. The first-order valence-electron chi connectivity index (χ1n) is 9.90. The number of nitrogens with zero attached hydrogens (tertiary/aromatic N) is 3. The maximum Gasteiger partial charge on any atom is 0.212 e. The van der Waals surface area contributed by atoms with Crippen molar-refractivity contribution in [1.82, 2.24) is 9.88 Å². The van der Waals surface area contributed by atoms with E-state index in [-0.39, 0.29) is 10.7 Å². The van der Waals surface area contributed by atoms with Gasteiger partial charge in [0.1, 0.15) is 22.3 Å². The molecule has 1 fully saturated rings. The van der Waals surface area contributed by atoms with Gasteiger partial charge < -0.3 is 20.9 Å². The van der Waals surface area contributed by atoms with Crippen molar-refractivity contribution in [3.63, 3.8) is 0 Å². The zero-order chi connectivity index (χ0) is 22.1. The van der Waals surface area contributed by atoms with Gasteiger partial charge in [0, 0.05) is 37.1 Å². The third-order valence-corrected chi connectivity index (χ3v) is 6.48. The SMILES string of the molecule is C[C@@H]1CN(c2ccc(Nc3nc(N)c(C(=O)c4c(F)cccc4F)s3)cc2)CCN1C. The summed E-state index contributed by atoms with van der Waals surface area (Å²) in [6, 6.07) is 11.7. The summed E-state index contributed by atoms with van der Waals surface area (Å²) >= 11 is 0.961. The number of anilines is 4. The molecule has 162 valence electrons. The number of hydrogen-bond donors (Lipinski definition) is 2. The number of piperazine rings is 1. The van der Waals surface area contributed by atoms with Crippen molar-refractivity contribution >= 4 is 39.4 Å². The molecule has 4 rings (SSSR count). The molecule has 1 saturated heterocycles. The fourth-order valence-corrected chi connectivity index (χ4v) is 4.39. The van der Waals surface area contributed by atoms with E-state index >= 15 is 0 Å². The lowest BCUT2D eigenvalue weighted by Crippen LogP contribution is -2.50. The Hall–Kier alpha value is -3.04. The Balaban J connectivity index is 1.49. The number of ketones is 1. The van der Waals surface area contributed by atoms with E-state index in [2.05, 4.69) is 34.1 Å². The largest absolute Gasteiger partial charge is 0.382 e. The number of halogens is 2. The molecule has 31 heavy (non-hydrogen) atoms. The number of nitrogens with one attached hydrogen (secondary N) is 1. The molecular weight excluding hydrogens is 420 g/mol. The van der Waals surface area contributed by atoms with Crippen LogP contribution >= 0.6 is 11.3 Å². The van der Waals surface area contributed by atoms with Crippen molar-refractivity contribution in [3.8, 4) is 0 Å². The summed E-state index contributed by atoms with van der Waals surface area (Å²) in [5.41, 5.74) is 7.14. The zero-order valence-corrected chi connectivity index (χ0v) is 18.0. The highest BCUT2D eigenvalue weighted by Crippen LogP contribution is 2.31. The van der Waals surface area contributed by atoms with Crippen LogP contribution in [0.5, 0.6) is 0 Å². The second-order valence-corrected chi connectivity index (χ2v) is 8.61. The van der Waals surface area contributed by atoms with E-state index in [0.29, 0.717) is 11.2 Å². The molecule has 6 nitrogen and oxygen atoms in total. The molecule has 0 amide bonds. The molecular formula is C22H23F2N5OS. The predicted molar refractivity (Wildman–Crippen MR) is 120 cm³/mol. The molecule has 1 aromatic heterocycles. The monoisotopic (exact) mass is 443 g/mol. The number of nitrogen functional groups attached to an aromatic ring is 1. The first-order chi connectivity index (χ1) is 14.8. The summed E-state index contributed by atoms with van der Waals surface area (Å²) in [4.78, 5) is 21.4. The highest BCUT2D eigenvalue weighted by molar-refractivity contribution is 7.18. The maximum absolute atomic E-state index is 14.0. The van der Waals surface area contributed by atoms with Crippen LogP contribution in [-0.2, 0) is 0 Å². The Morgan fingerprint density at radius 1 is 1.16 bits per heavy atom. The quantitative estimate of drug-likeness (QED) is 0.578. The summed E-state index contributed by atoms with van der Waals surface area (Å²) in [7, 11) is 2.13. The molecule has 2 heterocycles. The van der Waals surface area contributed by atoms with Crippen molar-refractivity contribution in [3.05, 3.63) is 64.5 Å². The Morgan fingerprint density at radius 3 is 2.48 bits per heavy atom. The van der Waals surface area contributed by atoms with Gasteiger partial charge in [-0.25, -0.2) is 13.8 Å². The first-order valence-corrected chi connectivity index (χ1v) is 10.7. The number of thiazole rings is 1. The molecule has 1 aliphatic heterocycles. The zero-order valence-electron chi connectivity index (χ0n) is 17.2. The van der Waals surface area contributed by atoms with Gasteiger partial charge in [0.15, 0.2) is 5.13 Å². The van der Waals surface area contributed by atoms with E-state index in [9.17, 15) is 13.6 Å². The van der Waals surface area contributed by atoms with Crippen molar-refractivity contribution in [2.45, 2.75) is 13.0 Å². The van der Waals surface area contributed by atoms with Crippen LogP contribution in [-0.4, -0.2) is 48.4 Å². The van der Waals surface area contributed by atoms with Crippen LogP contribution in [0.3, 0.4) is 0 Å². The van der Waals surface area contributed by atoms with Crippen molar-refractivity contribution in [1.29, 1.82) is 0 Å². The van der Waals surface area contributed by atoms with E-state index in [1.54, 1.807) is 0 Å². The van der Waals surface area contributed by atoms with E-state index in [4.69, 9.17) is 5.73 Å². The van der Waals surface area contributed by atoms with Crippen LogP contribution in [0.1, 0.15) is 22.2 Å². The van der Waals surface area contributed by atoms with Crippen LogP contribution in [0.4, 0.5) is 31.1 Å². The van der Waals surface area contributed by atoms with Gasteiger partial charge >= 0.3 is 0 Å². The van der Waals surface area contributed by atoms with E-state index in [1.165, 1.54) is 6.07 Å². The maximum atomic E-state index is 14.0. The first kappa shape index (κ1) is 21.2. The Bertz CT molecular complexity index is 1080. The number of rotatable bonds is 5. The minimum Gasteiger partial charge on any atom is -0.382 e. The number of likely N-dealkylation sites (N-methyl/N-ethyl adjacent to an activating group) is 1. The second kappa shape index (κ2) is 8.60. The molecule has 1 aliphatic rings. The number of aromatic nitrogens is 1. The average Bonchev–Trinajstić information content (AvgIpc) is 3.10. The van der Waals surface area contributed by atoms with Crippen LogP contribution in [0.2, 0.25) is 0 Å². The molecule has 0 spiro atoms. The van der Waals surface area contributed by atoms with Crippen LogP contribution < -0.4 is 16.0 Å². The van der Waals surface area contributed by atoms with Gasteiger partial charge in [-0.2, -0.15) is 0 Å². The Kier molecular flexibility index (Phi) is 5.88. The number of carbonyl (C=O) groups is 1. The minimum absolute atomic E-state index is 0.00505. The molecule has 3 N–H and O–H groups in total. The van der Waals surface area contributed by atoms with Gasteiger partial charge in [0.25, 0.3) is 0 Å². The van der Waals surface area contributed by atoms with Gasteiger partial charge in [0.2, 0.25) is 5.78 Å². The molecule has 0 bridgehead atoms. The Labute approximate surface area is 183 Å². The van der Waals surface area contributed by atoms with Gasteiger partial charge in [-0.05, 0) is 50.4 Å². The fourth-order valence-electron chi connectivity index (χ4n) is 3.54. The highest BCUT2D eigenvalue weighted by atomic mass is 32.1. The standard InChI is InChI=1S/C22H23F2N5OS/c1-13-12-29(11-10-28(13)2)15-8-6-14(7-9-15)26-22-27-21(25)20(31-22)19(30)18-16(23)4-3-5-17(18)24/h3-9,13H,10-12,25H2,1-2H3,(H,26,27)/t13-/m1/s1. The number of nitrogens with two attached hydrogens (primary N) is 1. The third kappa shape index (κ3) is 4.38. The average molecular weight is 444 g/mol. The minimum atomic E-state index is -0.930. The highest BCUT2D eigenvalue weighted by Gasteiger charge is 2.24. The molecule has 3 aromatic rings. The third-order valence-electron chi connectivity index (χ3n) is 5.49. The molecule has 0 saturated carbocycles. The molecule has 0 unspecified atom stereocenters. The van der Waals surface area contributed by atoms with Gasteiger partial charge in [0.05, 0.1) is 5.56 Å². The smallest absolute Gasteiger partial charge is 0.212 e. The predicted octanol–water partition coefficient (Wildman–Crippen LogP) is 4.12. The summed E-state index contributed by atoms with van der Waals surface area (Å²) in [5.74, 6) is -2.75. The van der Waals surface area contributed by atoms with E-state index in [1.807, 2.05) is 24.3 Å². The molecule has 0 aliphatic carbocycles. The summed E-state index contributed by atoms with van der Waals surface area (Å²) < 4.78 is 27.9. The molecule has 2 aromatic carbocycles. The summed E-state index contributed by atoms with van der Waals surface area (Å²) in [5, 5.41) is 3.48. The van der Waals surface area contributed by atoms with Gasteiger partial charge in [-0.15, -0.1) is 0 Å². The Morgan fingerprint density at radius 2 is 1.84 bits per heavy atom. The molecule has 1 atom stereocenters. The van der Waals surface area contributed by atoms with Gasteiger partial charge in [-0.1, -0.05) is 17.4 Å². The van der Waals surface area contributed by atoms with Crippen molar-refractivity contribution in [2.75, 3.05) is 42.6 Å². The normalized spacial score (nSPS) is 17.0. The van der Waals surface area contributed by atoms with E-state index < -0.39 is 23.0 Å². The fraction of sp³-hybridized carbons (Fsp3) is 0.273. The van der Waals surface area contributed by atoms with Crippen molar-refractivity contribution < 1.29 is 13.6 Å². The molecule has 0 radical (unpaired) electrons. The van der Waals surface area contributed by atoms with Crippen LogP contribution in [0.15, 0.2) is 42.5 Å².